The molecular weight excluding hydrogens is 416 g/mol. The van der Waals surface area contributed by atoms with E-state index in [1.165, 1.54) is 11.8 Å². The first-order chi connectivity index (χ1) is 15.7. The van der Waals surface area contributed by atoms with Crippen LogP contribution in [0.2, 0.25) is 0 Å². The number of carbonyl (C=O) groups is 1. The van der Waals surface area contributed by atoms with Crippen molar-refractivity contribution in [2.45, 2.75) is 18.1 Å². The monoisotopic (exact) mass is 438 g/mol. The highest BCUT2D eigenvalue weighted by Crippen LogP contribution is 2.26. The minimum Gasteiger partial charge on any atom is -0.344 e. The van der Waals surface area contributed by atoms with Gasteiger partial charge in [-0.15, -0.1) is 10.2 Å². The van der Waals surface area contributed by atoms with Crippen LogP contribution in [-0.4, -0.2) is 26.3 Å². The highest BCUT2D eigenvalue weighted by atomic mass is 32.2. The molecule has 0 aliphatic carbocycles. The van der Waals surface area contributed by atoms with Gasteiger partial charge in [-0.05, 0) is 35.7 Å². The van der Waals surface area contributed by atoms with Gasteiger partial charge in [0.1, 0.15) is 0 Å². The minimum absolute atomic E-state index is 0.0547. The van der Waals surface area contributed by atoms with Gasteiger partial charge in [0.15, 0.2) is 10.8 Å². The summed E-state index contributed by atoms with van der Waals surface area (Å²) in [6, 6.07) is 30.0. The maximum atomic E-state index is 13.0. The summed E-state index contributed by atoms with van der Waals surface area (Å²) in [6.07, 6.45) is 0. The zero-order valence-corrected chi connectivity index (χ0v) is 18.4. The molecule has 5 rings (SSSR count). The number of rotatable bonds is 6. The van der Waals surface area contributed by atoms with Crippen molar-refractivity contribution in [3.8, 4) is 0 Å². The number of pyridine rings is 1. The molecule has 0 atom stereocenters. The number of aryl methyl sites for hydroxylation is 1. The third-order valence-electron chi connectivity index (χ3n) is 5.48. The summed E-state index contributed by atoms with van der Waals surface area (Å²) in [5.41, 5.74) is 5.08. The number of thioether (sulfide) groups is 1. The number of hydrogen-bond donors (Lipinski definition) is 1. The van der Waals surface area contributed by atoms with Gasteiger partial charge in [0.25, 0.3) is 0 Å². The summed E-state index contributed by atoms with van der Waals surface area (Å²) in [4.78, 5) is 13.0. The van der Waals surface area contributed by atoms with Crippen LogP contribution in [0.25, 0.3) is 16.6 Å². The van der Waals surface area contributed by atoms with Crippen LogP contribution in [0.4, 0.5) is 0 Å². The fourth-order valence-corrected chi connectivity index (χ4v) is 4.71. The summed E-state index contributed by atoms with van der Waals surface area (Å²) in [7, 11) is 0. The predicted octanol–water partition coefficient (Wildman–Crippen LogP) is 5.19. The number of para-hydroxylation sites is 1. The third kappa shape index (κ3) is 3.97. The summed E-state index contributed by atoms with van der Waals surface area (Å²) >= 11 is 1.40. The predicted molar refractivity (Wildman–Crippen MR) is 129 cm³/mol. The van der Waals surface area contributed by atoms with E-state index in [4.69, 9.17) is 0 Å². The third-order valence-corrected chi connectivity index (χ3v) is 6.41. The van der Waals surface area contributed by atoms with E-state index in [2.05, 4.69) is 34.6 Å². The van der Waals surface area contributed by atoms with E-state index >= 15 is 0 Å². The topological polar surface area (TPSA) is 59.3 Å². The van der Waals surface area contributed by atoms with Crippen molar-refractivity contribution in [1.29, 1.82) is 0 Å². The Morgan fingerprint density at radius 3 is 2.22 bits per heavy atom. The van der Waals surface area contributed by atoms with Crippen molar-refractivity contribution in [1.82, 2.24) is 19.9 Å². The van der Waals surface area contributed by atoms with Crippen LogP contribution in [0.1, 0.15) is 22.7 Å². The number of amides is 1. The highest BCUT2D eigenvalue weighted by Gasteiger charge is 2.18. The number of carbonyl (C=O) groups excluding carboxylic acids is 1. The Balaban J connectivity index is 1.39. The highest BCUT2D eigenvalue weighted by molar-refractivity contribution is 7.99. The van der Waals surface area contributed by atoms with Gasteiger partial charge in [-0.2, -0.15) is 0 Å². The molecular formula is C26H22N4OS. The van der Waals surface area contributed by atoms with Gasteiger partial charge in [-0.25, -0.2) is 0 Å². The SMILES string of the molecule is Cc1cc2nnc(SCC(=O)NC(c3ccccc3)c3ccccc3)n2c2ccccc12. The lowest BCUT2D eigenvalue weighted by molar-refractivity contribution is -0.119. The van der Waals surface area contributed by atoms with Gasteiger partial charge < -0.3 is 5.32 Å². The Morgan fingerprint density at radius 1 is 0.906 bits per heavy atom. The quantitative estimate of drug-likeness (QED) is 0.371. The van der Waals surface area contributed by atoms with E-state index in [1.54, 1.807) is 0 Å². The van der Waals surface area contributed by atoms with Crippen molar-refractivity contribution in [3.63, 3.8) is 0 Å². The van der Waals surface area contributed by atoms with Crippen molar-refractivity contribution in [2.24, 2.45) is 0 Å². The molecule has 5 nitrogen and oxygen atoms in total. The first kappa shape index (κ1) is 20.3. The molecule has 158 valence electrons. The van der Waals surface area contributed by atoms with E-state index in [-0.39, 0.29) is 17.7 Å². The van der Waals surface area contributed by atoms with Gasteiger partial charge in [0.2, 0.25) is 5.91 Å². The lowest BCUT2D eigenvalue weighted by atomic mass is 9.99. The van der Waals surface area contributed by atoms with Crippen molar-refractivity contribution < 1.29 is 4.79 Å². The van der Waals surface area contributed by atoms with Gasteiger partial charge in [0, 0.05) is 5.39 Å². The number of fused-ring (bicyclic) bond motifs is 3. The summed E-state index contributed by atoms with van der Waals surface area (Å²) in [5.74, 6) is 0.194. The maximum absolute atomic E-state index is 13.0. The second-order valence-corrected chi connectivity index (χ2v) is 8.57. The molecule has 32 heavy (non-hydrogen) atoms. The number of nitrogens with zero attached hydrogens (tertiary/aromatic N) is 3. The number of benzene rings is 3. The molecule has 3 aromatic carbocycles. The van der Waals surface area contributed by atoms with Crippen molar-refractivity contribution >= 4 is 34.2 Å². The molecule has 2 heterocycles. The number of aromatic nitrogens is 3. The zero-order chi connectivity index (χ0) is 21.9. The number of hydrogen-bond acceptors (Lipinski definition) is 4. The molecule has 6 heteroatoms. The van der Waals surface area contributed by atoms with Crippen molar-refractivity contribution in [2.75, 3.05) is 5.75 Å². The Morgan fingerprint density at radius 2 is 1.53 bits per heavy atom. The van der Waals surface area contributed by atoms with E-state index < -0.39 is 0 Å². The van der Waals surface area contributed by atoms with E-state index in [0.29, 0.717) is 5.16 Å². The van der Waals surface area contributed by atoms with Gasteiger partial charge in [-0.3, -0.25) is 9.20 Å². The lowest BCUT2D eigenvalue weighted by Crippen LogP contribution is -2.30. The standard InChI is InChI=1S/C26H22N4OS/c1-18-16-23-28-29-26(30(23)22-15-9-8-14-21(18)22)32-17-24(31)27-25(19-10-4-2-5-11-19)20-12-6-3-7-13-20/h2-16,25H,17H2,1H3,(H,27,31). The molecule has 1 N–H and O–H groups in total. The van der Waals surface area contributed by atoms with Crippen LogP contribution in [-0.2, 0) is 4.79 Å². The Bertz CT molecular complexity index is 1340. The van der Waals surface area contributed by atoms with Crippen LogP contribution < -0.4 is 5.32 Å². The Kier molecular flexibility index (Phi) is 5.60. The molecule has 0 aliphatic heterocycles. The normalized spacial score (nSPS) is 11.3. The molecule has 2 aromatic heterocycles. The van der Waals surface area contributed by atoms with E-state index in [0.717, 1.165) is 33.2 Å². The first-order valence-corrected chi connectivity index (χ1v) is 11.4. The zero-order valence-electron chi connectivity index (χ0n) is 17.6. The average Bonchev–Trinajstić information content (AvgIpc) is 3.25. The largest absolute Gasteiger partial charge is 0.344 e. The Hall–Kier alpha value is -3.64. The van der Waals surface area contributed by atoms with E-state index in [9.17, 15) is 4.79 Å². The Labute approximate surface area is 190 Å². The van der Waals surface area contributed by atoms with Crippen LogP contribution in [0.5, 0.6) is 0 Å². The molecule has 0 unspecified atom stereocenters. The van der Waals surface area contributed by atoms with Crippen molar-refractivity contribution in [3.05, 3.63) is 108 Å². The smallest absolute Gasteiger partial charge is 0.231 e. The molecule has 0 fully saturated rings. The molecule has 0 saturated carbocycles. The fraction of sp³-hybridized carbons (Fsp3) is 0.115. The van der Waals surface area contributed by atoms with Gasteiger partial charge >= 0.3 is 0 Å². The number of nitrogens with one attached hydrogen (secondary N) is 1. The van der Waals surface area contributed by atoms with Gasteiger partial charge in [0.05, 0.1) is 17.3 Å². The van der Waals surface area contributed by atoms with E-state index in [1.807, 2.05) is 83.3 Å². The lowest BCUT2D eigenvalue weighted by Gasteiger charge is -2.19. The molecule has 1 amide bonds. The first-order valence-electron chi connectivity index (χ1n) is 10.5. The van der Waals surface area contributed by atoms with Crippen LogP contribution >= 0.6 is 11.8 Å². The maximum Gasteiger partial charge on any atom is 0.231 e. The molecule has 0 saturated heterocycles. The van der Waals surface area contributed by atoms with Crippen LogP contribution in [0.15, 0.2) is 96.2 Å². The second kappa shape index (κ2) is 8.85. The van der Waals surface area contributed by atoms with Crippen LogP contribution in [0, 0.1) is 6.92 Å². The summed E-state index contributed by atoms with van der Waals surface area (Å²) in [6.45, 7) is 2.07. The molecule has 0 radical (unpaired) electrons. The molecule has 0 aliphatic rings. The van der Waals surface area contributed by atoms with Crippen LogP contribution in [0.3, 0.4) is 0 Å². The molecule has 0 bridgehead atoms. The fourth-order valence-electron chi connectivity index (χ4n) is 3.95. The average molecular weight is 439 g/mol. The molecule has 5 aromatic rings. The van der Waals surface area contributed by atoms with Gasteiger partial charge in [-0.1, -0.05) is 90.6 Å². The second-order valence-electron chi connectivity index (χ2n) is 7.63. The minimum atomic E-state index is -0.205. The molecule has 0 spiro atoms. The summed E-state index contributed by atoms with van der Waals surface area (Å²) < 4.78 is 2.02. The summed E-state index contributed by atoms with van der Waals surface area (Å²) in [5, 5.41) is 13.7.